The fourth-order valence-corrected chi connectivity index (χ4v) is 1.23. The van der Waals surface area contributed by atoms with Gasteiger partial charge in [0.25, 0.3) is 0 Å². The molecule has 0 aliphatic heterocycles. The van der Waals surface area contributed by atoms with Gasteiger partial charge in [-0.05, 0) is 24.6 Å². The van der Waals surface area contributed by atoms with E-state index in [9.17, 15) is 14.7 Å². The molecule has 18 heavy (non-hydrogen) atoms. The molecule has 1 aromatic rings. The van der Waals surface area contributed by atoms with Crippen molar-refractivity contribution in [3.8, 4) is 0 Å². The fourth-order valence-electron chi connectivity index (χ4n) is 1.23. The lowest BCUT2D eigenvalue weighted by atomic mass is 10.1. The van der Waals surface area contributed by atoms with Gasteiger partial charge in [0.2, 0.25) is 5.91 Å². The zero-order chi connectivity index (χ0) is 13.8. The fraction of sp³-hybridized carbons (Fsp3) is 0.333. The van der Waals surface area contributed by atoms with Crippen LogP contribution in [0.2, 0.25) is 0 Å². The number of hydrogen-bond donors (Lipinski definition) is 4. The summed E-state index contributed by atoms with van der Waals surface area (Å²) in [7, 11) is 0. The molecule has 0 saturated carbocycles. The minimum atomic E-state index is -1.96. The van der Waals surface area contributed by atoms with Crippen LogP contribution < -0.4 is 11.1 Å². The number of nitrogen functional groups attached to an aromatic ring is 1. The second-order valence-electron chi connectivity index (χ2n) is 4.27. The van der Waals surface area contributed by atoms with Crippen molar-refractivity contribution in [3.63, 3.8) is 0 Å². The third-order valence-corrected chi connectivity index (χ3v) is 2.43. The molecule has 5 N–H and O–H groups in total. The highest BCUT2D eigenvalue weighted by Gasteiger charge is 2.30. The number of nitrogens with two attached hydrogens (primary N) is 1. The zero-order valence-electron chi connectivity index (χ0n) is 10.0. The van der Waals surface area contributed by atoms with Crippen LogP contribution in [0.5, 0.6) is 0 Å². The van der Waals surface area contributed by atoms with Crippen LogP contribution in [0.1, 0.15) is 12.5 Å². The Morgan fingerprint density at radius 1 is 1.33 bits per heavy atom. The third-order valence-electron chi connectivity index (χ3n) is 2.43. The van der Waals surface area contributed by atoms with Crippen molar-refractivity contribution >= 4 is 17.6 Å². The van der Waals surface area contributed by atoms with Gasteiger partial charge in [0.15, 0.2) is 5.60 Å². The van der Waals surface area contributed by atoms with Gasteiger partial charge < -0.3 is 21.3 Å². The highest BCUT2D eigenvalue weighted by atomic mass is 16.4. The summed E-state index contributed by atoms with van der Waals surface area (Å²) >= 11 is 0. The van der Waals surface area contributed by atoms with Crippen molar-refractivity contribution in [1.82, 2.24) is 5.32 Å². The number of aliphatic hydroxyl groups is 1. The molecule has 0 spiro atoms. The van der Waals surface area contributed by atoms with Gasteiger partial charge in [0, 0.05) is 5.69 Å². The van der Waals surface area contributed by atoms with Crippen molar-refractivity contribution < 1.29 is 19.8 Å². The molecule has 0 aromatic heterocycles. The van der Waals surface area contributed by atoms with Crippen LogP contribution in [0.25, 0.3) is 0 Å². The molecular formula is C12H16N2O4. The second kappa shape index (κ2) is 5.50. The van der Waals surface area contributed by atoms with Crippen LogP contribution in [0.4, 0.5) is 5.69 Å². The summed E-state index contributed by atoms with van der Waals surface area (Å²) in [6.07, 6.45) is 0.107. The number of hydrogen-bond acceptors (Lipinski definition) is 4. The lowest BCUT2D eigenvalue weighted by Crippen LogP contribution is -2.46. The molecule has 0 fully saturated rings. The standard InChI is InChI=1S/C12H16N2O4/c1-12(18,11(16)17)7-14-10(15)6-8-2-4-9(13)5-3-8/h2-5,18H,6-7,13H2,1H3,(H,14,15)(H,16,17). The molecule has 98 valence electrons. The number of carbonyl (C=O) groups is 2. The van der Waals surface area contributed by atoms with E-state index in [1.54, 1.807) is 24.3 Å². The van der Waals surface area contributed by atoms with Crippen LogP contribution in [-0.4, -0.2) is 34.2 Å². The molecule has 1 amide bonds. The van der Waals surface area contributed by atoms with E-state index in [0.29, 0.717) is 5.69 Å². The maximum absolute atomic E-state index is 11.5. The summed E-state index contributed by atoms with van der Waals surface area (Å²) in [5.74, 6) is -1.74. The first-order valence-electron chi connectivity index (χ1n) is 5.38. The molecule has 0 heterocycles. The monoisotopic (exact) mass is 252 g/mol. The van der Waals surface area contributed by atoms with Crippen molar-refractivity contribution in [2.24, 2.45) is 0 Å². The third kappa shape index (κ3) is 4.06. The van der Waals surface area contributed by atoms with E-state index in [0.717, 1.165) is 12.5 Å². The number of carbonyl (C=O) groups excluding carboxylic acids is 1. The van der Waals surface area contributed by atoms with E-state index in [2.05, 4.69) is 5.32 Å². The average Bonchev–Trinajstić information content (AvgIpc) is 2.29. The Morgan fingerprint density at radius 2 is 1.89 bits per heavy atom. The maximum Gasteiger partial charge on any atom is 0.337 e. The predicted molar refractivity (Wildman–Crippen MR) is 65.8 cm³/mol. The summed E-state index contributed by atoms with van der Waals surface area (Å²) in [6.45, 7) is 0.787. The maximum atomic E-state index is 11.5. The largest absolute Gasteiger partial charge is 0.479 e. The summed E-state index contributed by atoms with van der Waals surface area (Å²) in [5.41, 5.74) is 4.91. The molecule has 0 radical (unpaired) electrons. The molecule has 0 bridgehead atoms. The smallest absolute Gasteiger partial charge is 0.337 e. The van der Waals surface area contributed by atoms with E-state index in [-0.39, 0.29) is 18.9 Å². The van der Waals surface area contributed by atoms with Gasteiger partial charge in [-0.3, -0.25) is 4.79 Å². The topological polar surface area (TPSA) is 113 Å². The van der Waals surface area contributed by atoms with E-state index in [1.807, 2.05) is 0 Å². The van der Waals surface area contributed by atoms with Gasteiger partial charge in [-0.1, -0.05) is 12.1 Å². The molecule has 1 atom stereocenters. The van der Waals surface area contributed by atoms with Crippen molar-refractivity contribution in [1.29, 1.82) is 0 Å². The number of benzene rings is 1. The number of rotatable bonds is 5. The number of anilines is 1. The molecule has 1 aromatic carbocycles. The number of carboxylic acids is 1. The summed E-state index contributed by atoms with van der Waals surface area (Å²) in [6, 6.07) is 6.78. The summed E-state index contributed by atoms with van der Waals surface area (Å²) in [4.78, 5) is 22.1. The van der Waals surface area contributed by atoms with E-state index >= 15 is 0 Å². The van der Waals surface area contributed by atoms with Gasteiger partial charge in [-0.25, -0.2) is 4.79 Å². The van der Waals surface area contributed by atoms with Gasteiger partial charge in [0.1, 0.15) is 0 Å². The summed E-state index contributed by atoms with van der Waals surface area (Å²) in [5, 5.41) is 20.4. The van der Waals surface area contributed by atoms with Crippen LogP contribution >= 0.6 is 0 Å². The van der Waals surface area contributed by atoms with Crippen LogP contribution in [0.3, 0.4) is 0 Å². The Morgan fingerprint density at radius 3 is 2.39 bits per heavy atom. The van der Waals surface area contributed by atoms with Crippen LogP contribution in [0.15, 0.2) is 24.3 Å². The number of nitrogens with one attached hydrogen (secondary N) is 1. The second-order valence-corrected chi connectivity index (χ2v) is 4.27. The van der Waals surface area contributed by atoms with Crippen LogP contribution in [0, 0.1) is 0 Å². The Labute approximate surface area is 104 Å². The number of aliphatic carboxylic acids is 1. The Balaban J connectivity index is 2.48. The van der Waals surface area contributed by atoms with E-state index in [1.165, 1.54) is 0 Å². The normalized spacial score (nSPS) is 13.7. The Bertz CT molecular complexity index is 440. The molecule has 0 aliphatic rings. The Kier molecular flexibility index (Phi) is 4.28. The van der Waals surface area contributed by atoms with E-state index < -0.39 is 11.6 Å². The lowest BCUT2D eigenvalue weighted by Gasteiger charge is -2.18. The van der Waals surface area contributed by atoms with Crippen molar-refractivity contribution in [2.75, 3.05) is 12.3 Å². The average molecular weight is 252 g/mol. The highest BCUT2D eigenvalue weighted by Crippen LogP contribution is 2.06. The number of carboxylic acid groups (broad SMARTS) is 1. The first-order valence-corrected chi connectivity index (χ1v) is 5.38. The number of amides is 1. The van der Waals surface area contributed by atoms with Gasteiger partial charge in [-0.2, -0.15) is 0 Å². The molecule has 1 rings (SSSR count). The molecule has 6 heteroatoms. The summed E-state index contributed by atoms with van der Waals surface area (Å²) < 4.78 is 0. The predicted octanol–water partition coefficient (Wildman–Crippen LogP) is -0.237. The van der Waals surface area contributed by atoms with Gasteiger partial charge in [0.05, 0.1) is 13.0 Å². The van der Waals surface area contributed by atoms with Gasteiger partial charge in [-0.15, -0.1) is 0 Å². The lowest BCUT2D eigenvalue weighted by molar-refractivity contribution is -0.156. The van der Waals surface area contributed by atoms with Crippen molar-refractivity contribution in [3.05, 3.63) is 29.8 Å². The quantitative estimate of drug-likeness (QED) is 0.540. The zero-order valence-corrected chi connectivity index (χ0v) is 10.0. The van der Waals surface area contributed by atoms with Crippen molar-refractivity contribution in [2.45, 2.75) is 18.9 Å². The molecule has 1 unspecified atom stereocenters. The molecule has 0 aliphatic carbocycles. The van der Waals surface area contributed by atoms with Crippen LogP contribution in [-0.2, 0) is 16.0 Å². The first-order chi connectivity index (χ1) is 8.31. The van der Waals surface area contributed by atoms with E-state index in [4.69, 9.17) is 10.8 Å². The van der Waals surface area contributed by atoms with Gasteiger partial charge >= 0.3 is 5.97 Å². The molecule has 0 saturated heterocycles. The highest BCUT2D eigenvalue weighted by molar-refractivity contribution is 5.81. The molecular weight excluding hydrogens is 236 g/mol. The minimum Gasteiger partial charge on any atom is -0.479 e. The minimum absolute atomic E-state index is 0.107. The Hall–Kier alpha value is -2.08. The SMILES string of the molecule is CC(O)(CNC(=O)Cc1ccc(N)cc1)C(=O)O. The molecule has 6 nitrogen and oxygen atoms in total. The first kappa shape index (κ1) is 14.0.